The highest BCUT2D eigenvalue weighted by Crippen LogP contribution is 2.17. The van der Waals surface area contributed by atoms with Crippen molar-refractivity contribution >= 4 is 29.3 Å². The van der Waals surface area contributed by atoms with E-state index in [-0.39, 0.29) is 11.7 Å². The van der Waals surface area contributed by atoms with Crippen molar-refractivity contribution in [1.29, 1.82) is 0 Å². The first-order valence-corrected chi connectivity index (χ1v) is 9.64. The number of amides is 1. The monoisotopic (exact) mass is 381 g/mol. The van der Waals surface area contributed by atoms with Crippen LogP contribution in [0, 0.1) is 5.82 Å². The van der Waals surface area contributed by atoms with Gasteiger partial charge in [-0.3, -0.25) is 4.79 Å². The molecule has 2 rings (SSSR count). The van der Waals surface area contributed by atoms with E-state index < -0.39 is 6.10 Å². The fraction of sp³-hybridized carbons (Fsp3) is 0.316. The van der Waals surface area contributed by atoms with Gasteiger partial charge in [0.25, 0.3) is 5.91 Å². The van der Waals surface area contributed by atoms with E-state index >= 15 is 0 Å². The third kappa shape index (κ3) is 6.96. The summed E-state index contributed by atoms with van der Waals surface area (Å²) in [7, 11) is 0. The van der Waals surface area contributed by atoms with Crippen LogP contribution in [0.3, 0.4) is 0 Å². The quantitative estimate of drug-likeness (QED) is 0.640. The zero-order valence-electron chi connectivity index (χ0n) is 14.0. The summed E-state index contributed by atoms with van der Waals surface area (Å²) < 4.78 is 18.5. The summed E-state index contributed by atoms with van der Waals surface area (Å²) in [5.41, 5.74) is 1.16. The molecule has 0 saturated carbocycles. The molecule has 3 nitrogen and oxygen atoms in total. The standard InChI is InChI=1S/C19H21ClFNO2S/c1-2-18(24-17-8-6-16(21)7-9-17)19(23)22-10-11-25-13-14-4-3-5-15(20)12-14/h3-9,12,18H,2,10-11,13H2,1H3,(H,22,23)/t18-/m0/s1. The molecule has 0 aliphatic rings. The van der Waals surface area contributed by atoms with E-state index in [1.165, 1.54) is 24.3 Å². The molecule has 1 amide bonds. The zero-order chi connectivity index (χ0) is 18.1. The third-order valence-electron chi connectivity index (χ3n) is 3.46. The molecular weight excluding hydrogens is 361 g/mol. The molecule has 0 aliphatic carbocycles. The number of carbonyl (C=O) groups excluding carboxylic acids is 1. The summed E-state index contributed by atoms with van der Waals surface area (Å²) in [6.45, 7) is 2.44. The molecule has 0 saturated heterocycles. The molecular formula is C19H21ClFNO2S. The lowest BCUT2D eigenvalue weighted by Gasteiger charge is -2.17. The highest BCUT2D eigenvalue weighted by atomic mass is 35.5. The lowest BCUT2D eigenvalue weighted by Crippen LogP contribution is -2.39. The number of nitrogens with one attached hydrogen (secondary N) is 1. The van der Waals surface area contributed by atoms with E-state index in [9.17, 15) is 9.18 Å². The minimum absolute atomic E-state index is 0.157. The zero-order valence-corrected chi connectivity index (χ0v) is 15.6. The van der Waals surface area contributed by atoms with E-state index in [4.69, 9.17) is 16.3 Å². The fourth-order valence-electron chi connectivity index (χ4n) is 2.18. The van der Waals surface area contributed by atoms with Gasteiger partial charge in [-0.25, -0.2) is 4.39 Å². The number of ether oxygens (including phenoxy) is 1. The van der Waals surface area contributed by atoms with Gasteiger partial charge in [0.05, 0.1) is 0 Å². The van der Waals surface area contributed by atoms with Gasteiger partial charge in [-0.2, -0.15) is 11.8 Å². The van der Waals surface area contributed by atoms with Gasteiger partial charge in [0, 0.05) is 23.1 Å². The number of hydrogen-bond acceptors (Lipinski definition) is 3. The van der Waals surface area contributed by atoms with Crippen molar-refractivity contribution < 1.29 is 13.9 Å². The first-order valence-electron chi connectivity index (χ1n) is 8.10. The number of thioether (sulfide) groups is 1. The predicted molar refractivity (Wildman–Crippen MR) is 102 cm³/mol. The Bertz CT molecular complexity index is 681. The van der Waals surface area contributed by atoms with Gasteiger partial charge >= 0.3 is 0 Å². The van der Waals surface area contributed by atoms with Crippen molar-refractivity contribution in [2.45, 2.75) is 25.2 Å². The molecule has 0 heterocycles. The summed E-state index contributed by atoms with van der Waals surface area (Å²) in [6, 6.07) is 13.4. The van der Waals surface area contributed by atoms with Gasteiger partial charge in [-0.15, -0.1) is 0 Å². The van der Waals surface area contributed by atoms with E-state index in [0.29, 0.717) is 18.7 Å². The summed E-state index contributed by atoms with van der Waals surface area (Å²) in [6.07, 6.45) is -0.0397. The van der Waals surface area contributed by atoms with Crippen LogP contribution in [0.2, 0.25) is 5.02 Å². The number of rotatable bonds is 9. The summed E-state index contributed by atoms with van der Waals surface area (Å²) in [5, 5.41) is 3.61. The van der Waals surface area contributed by atoms with Crippen LogP contribution in [0.25, 0.3) is 0 Å². The molecule has 0 spiro atoms. The highest BCUT2D eigenvalue weighted by Gasteiger charge is 2.17. The summed E-state index contributed by atoms with van der Waals surface area (Å²) in [5.74, 6) is 1.64. The molecule has 1 N–H and O–H groups in total. The van der Waals surface area contributed by atoms with E-state index in [1.54, 1.807) is 11.8 Å². The van der Waals surface area contributed by atoms with E-state index in [1.807, 2.05) is 31.2 Å². The normalized spacial score (nSPS) is 11.8. The molecule has 0 fully saturated rings. The number of halogens is 2. The van der Waals surface area contributed by atoms with Crippen LogP contribution < -0.4 is 10.1 Å². The average Bonchev–Trinajstić information content (AvgIpc) is 2.61. The van der Waals surface area contributed by atoms with Crippen molar-refractivity contribution in [3.8, 4) is 5.75 Å². The molecule has 134 valence electrons. The van der Waals surface area contributed by atoms with E-state index in [0.717, 1.165) is 22.1 Å². The Hall–Kier alpha value is -1.72. The SMILES string of the molecule is CC[C@H](Oc1ccc(F)cc1)C(=O)NCCSCc1cccc(Cl)c1. The van der Waals surface area contributed by atoms with Crippen molar-refractivity contribution in [2.24, 2.45) is 0 Å². The Kier molecular flexibility index (Phi) is 8.09. The molecule has 0 bridgehead atoms. The molecule has 6 heteroatoms. The van der Waals surface area contributed by atoms with Crippen LogP contribution in [0.5, 0.6) is 5.75 Å². The topological polar surface area (TPSA) is 38.3 Å². The minimum Gasteiger partial charge on any atom is -0.481 e. The molecule has 0 aliphatic heterocycles. The number of hydrogen-bond donors (Lipinski definition) is 1. The van der Waals surface area contributed by atoms with Crippen molar-refractivity contribution in [3.63, 3.8) is 0 Å². The van der Waals surface area contributed by atoms with Gasteiger partial charge in [0.2, 0.25) is 0 Å². The fourth-order valence-corrected chi connectivity index (χ4v) is 3.20. The van der Waals surface area contributed by atoms with Gasteiger partial charge < -0.3 is 10.1 Å². The molecule has 25 heavy (non-hydrogen) atoms. The van der Waals surface area contributed by atoms with Crippen LogP contribution in [0.1, 0.15) is 18.9 Å². The van der Waals surface area contributed by atoms with Crippen molar-refractivity contribution in [3.05, 3.63) is 64.9 Å². The predicted octanol–water partition coefficient (Wildman–Crippen LogP) is 4.69. The van der Waals surface area contributed by atoms with Crippen molar-refractivity contribution in [1.82, 2.24) is 5.32 Å². The van der Waals surface area contributed by atoms with Crippen molar-refractivity contribution in [2.75, 3.05) is 12.3 Å². The maximum atomic E-state index is 12.9. The first-order chi connectivity index (χ1) is 12.1. The third-order valence-corrected chi connectivity index (χ3v) is 4.72. The Labute approximate surface area is 156 Å². The van der Waals surface area contributed by atoms with Crippen LogP contribution in [0.4, 0.5) is 4.39 Å². The van der Waals surface area contributed by atoms with Crippen LogP contribution in [0.15, 0.2) is 48.5 Å². The summed E-state index contributed by atoms with van der Waals surface area (Å²) >= 11 is 7.68. The van der Waals surface area contributed by atoms with Crippen LogP contribution >= 0.6 is 23.4 Å². The molecule has 1 atom stereocenters. The Morgan fingerprint density at radius 1 is 1.28 bits per heavy atom. The highest BCUT2D eigenvalue weighted by molar-refractivity contribution is 7.98. The van der Waals surface area contributed by atoms with Gasteiger partial charge in [-0.1, -0.05) is 30.7 Å². The molecule has 0 aromatic heterocycles. The van der Waals surface area contributed by atoms with E-state index in [2.05, 4.69) is 5.32 Å². The van der Waals surface area contributed by atoms with Gasteiger partial charge in [0.1, 0.15) is 11.6 Å². The lowest BCUT2D eigenvalue weighted by molar-refractivity contribution is -0.127. The second-order valence-electron chi connectivity index (χ2n) is 5.44. The second-order valence-corrected chi connectivity index (χ2v) is 6.98. The minimum atomic E-state index is -0.580. The number of benzene rings is 2. The smallest absolute Gasteiger partial charge is 0.261 e. The van der Waals surface area contributed by atoms with Gasteiger partial charge in [0.15, 0.2) is 6.10 Å². The Balaban J connectivity index is 1.69. The molecule has 2 aromatic carbocycles. The lowest BCUT2D eigenvalue weighted by atomic mass is 10.2. The molecule has 0 unspecified atom stereocenters. The second kappa shape index (κ2) is 10.3. The molecule has 0 radical (unpaired) electrons. The summed E-state index contributed by atoms with van der Waals surface area (Å²) in [4.78, 5) is 12.2. The number of carbonyl (C=O) groups is 1. The van der Waals surface area contributed by atoms with Crippen LogP contribution in [-0.2, 0) is 10.5 Å². The van der Waals surface area contributed by atoms with Crippen LogP contribution in [-0.4, -0.2) is 24.3 Å². The van der Waals surface area contributed by atoms with Gasteiger partial charge in [-0.05, 0) is 48.4 Å². The molecule has 2 aromatic rings. The average molecular weight is 382 g/mol. The Morgan fingerprint density at radius 2 is 2.04 bits per heavy atom. The first kappa shape index (κ1) is 19.6. The largest absolute Gasteiger partial charge is 0.481 e. The maximum absolute atomic E-state index is 12.9. The maximum Gasteiger partial charge on any atom is 0.261 e. The Morgan fingerprint density at radius 3 is 2.72 bits per heavy atom.